The van der Waals surface area contributed by atoms with Crippen LogP contribution in [0.2, 0.25) is 0 Å². The van der Waals surface area contributed by atoms with E-state index in [0.29, 0.717) is 5.71 Å². The highest BCUT2D eigenvalue weighted by Crippen LogP contribution is 2.40. The Bertz CT molecular complexity index is 2440. The van der Waals surface area contributed by atoms with Crippen molar-refractivity contribution in [3.63, 3.8) is 0 Å². The highest BCUT2D eigenvalue weighted by atomic mass is 16.3. The molecule has 4 nitrogen and oxygen atoms in total. The first-order valence-electron chi connectivity index (χ1n) is 13.4. The van der Waals surface area contributed by atoms with E-state index in [1.54, 1.807) is 0 Å². The van der Waals surface area contributed by atoms with Crippen LogP contribution in [-0.2, 0) is 0 Å². The minimum absolute atomic E-state index is 0.534. The molecule has 9 aromatic rings. The van der Waals surface area contributed by atoms with Gasteiger partial charge in [0.1, 0.15) is 16.8 Å². The Hall–Kier alpha value is -5.48. The van der Waals surface area contributed by atoms with E-state index < -0.39 is 0 Å². The molecule has 0 bridgehead atoms. The van der Waals surface area contributed by atoms with Crippen molar-refractivity contribution in [2.45, 2.75) is 0 Å². The molecule has 0 radical (unpaired) electrons. The topological polar surface area (TPSA) is 43.9 Å². The Morgan fingerprint density at radius 2 is 1.18 bits per heavy atom. The lowest BCUT2D eigenvalue weighted by Gasteiger charge is -2.14. The number of para-hydroxylation sites is 2. The molecular formula is C36H21N3O. The fourth-order valence-corrected chi connectivity index (χ4v) is 6.17. The third kappa shape index (κ3) is 2.96. The maximum atomic E-state index is 6.28. The van der Waals surface area contributed by atoms with Crippen LogP contribution in [0.4, 0.5) is 0 Å². The first kappa shape index (κ1) is 21.5. The van der Waals surface area contributed by atoms with Crippen LogP contribution in [0, 0.1) is 0 Å². The number of hydrogen-bond acceptors (Lipinski definition) is 3. The van der Waals surface area contributed by atoms with Gasteiger partial charge in [-0.15, -0.1) is 0 Å². The zero-order chi connectivity index (χ0) is 26.2. The molecule has 0 aliphatic heterocycles. The van der Waals surface area contributed by atoms with Gasteiger partial charge in [-0.2, -0.15) is 4.98 Å². The summed E-state index contributed by atoms with van der Waals surface area (Å²) < 4.78 is 8.53. The Balaban J connectivity index is 1.49. The molecular weight excluding hydrogens is 490 g/mol. The summed E-state index contributed by atoms with van der Waals surface area (Å²) >= 11 is 0. The van der Waals surface area contributed by atoms with Crippen LogP contribution in [0.15, 0.2) is 132 Å². The summed E-state index contributed by atoms with van der Waals surface area (Å²) in [5, 5.41) is 8.03. The zero-order valence-corrected chi connectivity index (χ0v) is 21.4. The molecule has 0 aliphatic rings. The van der Waals surface area contributed by atoms with Gasteiger partial charge < -0.3 is 4.42 Å². The summed E-state index contributed by atoms with van der Waals surface area (Å²) in [4.78, 5) is 10.6. The molecule has 0 atom stereocenters. The van der Waals surface area contributed by atoms with E-state index in [0.717, 1.165) is 55.4 Å². The number of nitrogens with zero attached hydrogens (tertiary/aromatic N) is 3. The van der Waals surface area contributed by atoms with Crippen molar-refractivity contribution < 1.29 is 4.42 Å². The van der Waals surface area contributed by atoms with Gasteiger partial charge in [-0.3, -0.25) is 4.57 Å². The molecule has 0 aliphatic carbocycles. The van der Waals surface area contributed by atoms with Crippen molar-refractivity contribution in [2.24, 2.45) is 0 Å². The van der Waals surface area contributed by atoms with Crippen LogP contribution < -0.4 is 0 Å². The predicted octanol–water partition coefficient (Wildman–Crippen LogP) is 9.45. The number of benzene rings is 6. The number of aromatic nitrogens is 3. The monoisotopic (exact) mass is 511 g/mol. The molecule has 4 heteroatoms. The molecule has 6 aromatic carbocycles. The van der Waals surface area contributed by atoms with E-state index in [2.05, 4.69) is 114 Å². The van der Waals surface area contributed by atoms with E-state index in [9.17, 15) is 0 Å². The third-order valence-corrected chi connectivity index (χ3v) is 7.99. The smallest absolute Gasteiger partial charge is 0.248 e. The van der Waals surface area contributed by atoms with Gasteiger partial charge in [-0.05, 0) is 51.9 Å². The normalized spacial score (nSPS) is 12.0. The minimum atomic E-state index is 0.534. The second-order valence-electron chi connectivity index (χ2n) is 10.2. The highest BCUT2D eigenvalue weighted by Gasteiger charge is 2.22. The molecule has 3 heterocycles. The SMILES string of the molecule is c1ccc2cc3c(cc2c1)c1ccccc1n3-c1nc2oc3ccccc3c2nc1-c1cccc2ccccc12. The summed E-state index contributed by atoms with van der Waals surface area (Å²) in [6.45, 7) is 0. The maximum absolute atomic E-state index is 6.28. The van der Waals surface area contributed by atoms with Crippen LogP contribution in [0.25, 0.3) is 82.6 Å². The molecule has 186 valence electrons. The molecule has 0 unspecified atom stereocenters. The molecule has 3 aromatic heterocycles. The fraction of sp³-hybridized carbons (Fsp3) is 0. The largest absolute Gasteiger partial charge is 0.436 e. The van der Waals surface area contributed by atoms with Gasteiger partial charge in [0.25, 0.3) is 0 Å². The molecule has 40 heavy (non-hydrogen) atoms. The van der Waals surface area contributed by atoms with Gasteiger partial charge in [0.05, 0.1) is 11.0 Å². The Morgan fingerprint density at radius 1 is 0.500 bits per heavy atom. The first-order valence-corrected chi connectivity index (χ1v) is 13.4. The van der Waals surface area contributed by atoms with Crippen LogP contribution in [0.5, 0.6) is 0 Å². The van der Waals surface area contributed by atoms with Crippen molar-refractivity contribution in [3.05, 3.63) is 127 Å². The molecule has 0 saturated heterocycles. The predicted molar refractivity (Wildman–Crippen MR) is 164 cm³/mol. The average Bonchev–Trinajstić information content (AvgIpc) is 3.53. The Morgan fingerprint density at radius 3 is 2.05 bits per heavy atom. The number of fused-ring (bicyclic) bond motifs is 8. The minimum Gasteiger partial charge on any atom is -0.436 e. The van der Waals surface area contributed by atoms with E-state index in [4.69, 9.17) is 14.4 Å². The quantitative estimate of drug-likeness (QED) is 0.232. The Labute approximate surface area is 228 Å². The lowest BCUT2D eigenvalue weighted by Crippen LogP contribution is -2.03. The van der Waals surface area contributed by atoms with Crippen LogP contribution in [-0.4, -0.2) is 14.5 Å². The maximum Gasteiger partial charge on any atom is 0.248 e. The molecule has 0 amide bonds. The van der Waals surface area contributed by atoms with Gasteiger partial charge >= 0.3 is 0 Å². The van der Waals surface area contributed by atoms with Gasteiger partial charge in [0, 0.05) is 21.7 Å². The zero-order valence-electron chi connectivity index (χ0n) is 21.4. The first-order chi connectivity index (χ1) is 19.8. The Kier molecular flexibility index (Phi) is 4.30. The van der Waals surface area contributed by atoms with Crippen molar-refractivity contribution in [1.29, 1.82) is 0 Å². The lowest BCUT2D eigenvalue weighted by molar-refractivity contribution is 0.652. The molecule has 0 saturated carbocycles. The standard InChI is InChI=1S/C36H21N3O/c1-2-12-24-21-31-29(20-23(24)11-1)26-15-5-7-18-30(26)39(31)35-33(27-17-9-13-22-10-3-4-14-25(22)27)37-34-28-16-6-8-19-32(28)40-36(34)38-35/h1-21H. The number of rotatable bonds is 2. The summed E-state index contributed by atoms with van der Waals surface area (Å²) in [6, 6.07) is 44.5. The summed E-state index contributed by atoms with van der Waals surface area (Å²) in [6.07, 6.45) is 0. The molecule has 0 spiro atoms. The van der Waals surface area contributed by atoms with E-state index >= 15 is 0 Å². The van der Waals surface area contributed by atoms with Gasteiger partial charge in [-0.1, -0.05) is 97.1 Å². The van der Waals surface area contributed by atoms with Crippen molar-refractivity contribution in [2.75, 3.05) is 0 Å². The van der Waals surface area contributed by atoms with E-state index in [1.807, 2.05) is 18.2 Å². The van der Waals surface area contributed by atoms with Gasteiger partial charge in [0.2, 0.25) is 5.71 Å². The van der Waals surface area contributed by atoms with Gasteiger partial charge in [0.15, 0.2) is 5.82 Å². The van der Waals surface area contributed by atoms with Crippen molar-refractivity contribution in [3.8, 4) is 17.1 Å². The number of furan rings is 1. The second-order valence-corrected chi connectivity index (χ2v) is 10.2. The number of hydrogen-bond donors (Lipinski definition) is 0. The average molecular weight is 512 g/mol. The summed E-state index contributed by atoms with van der Waals surface area (Å²) in [5.74, 6) is 0.754. The summed E-state index contributed by atoms with van der Waals surface area (Å²) in [5.41, 5.74) is 6.13. The molecule has 0 N–H and O–H groups in total. The van der Waals surface area contributed by atoms with Crippen LogP contribution >= 0.6 is 0 Å². The highest BCUT2D eigenvalue weighted by molar-refractivity contribution is 6.14. The summed E-state index contributed by atoms with van der Waals surface area (Å²) in [7, 11) is 0. The van der Waals surface area contributed by atoms with Crippen LogP contribution in [0.1, 0.15) is 0 Å². The van der Waals surface area contributed by atoms with Crippen LogP contribution in [0.3, 0.4) is 0 Å². The van der Waals surface area contributed by atoms with E-state index in [-0.39, 0.29) is 0 Å². The fourth-order valence-electron chi connectivity index (χ4n) is 6.17. The second kappa shape index (κ2) is 8.01. The lowest BCUT2D eigenvalue weighted by atomic mass is 10.0. The molecule has 0 fully saturated rings. The molecule has 9 rings (SSSR count). The van der Waals surface area contributed by atoms with Crippen molar-refractivity contribution in [1.82, 2.24) is 14.5 Å². The van der Waals surface area contributed by atoms with Crippen molar-refractivity contribution >= 4 is 65.6 Å². The van der Waals surface area contributed by atoms with Gasteiger partial charge in [-0.25, -0.2) is 4.98 Å². The van der Waals surface area contributed by atoms with E-state index in [1.165, 1.54) is 21.5 Å². The third-order valence-electron chi connectivity index (χ3n) is 7.99.